The van der Waals surface area contributed by atoms with Crippen LogP contribution in [0.15, 0.2) is 18.5 Å². The molecule has 0 atom stereocenters. The number of nitrogens with zero attached hydrogens (tertiary/aromatic N) is 2. The number of hydrogen-bond acceptors (Lipinski definition) is 5. The van der Waals surface area contributed by atoms with Crippen molar-refractivity contribution in [3.63, 3.8) is 0 Å². The van der Waals surface area contributed by atoms with Crippen LogP contribution >= 0.6 is 0 Å². The van der Waals surface area contributed by atoms with E-state index in [1.54, 1.807) is 0 Å². The summed E-state index contributed by atoms with van der Waals surface area (Å²) >= 11 is 0. The van der Waals surface area contributed by atoms with E-state index >= 15 is 0 Å². The van der Waals surface area contributed by atoms with Crippen molar-refractivity contribution in [3.05, 3.63) is 24.0 Å². The third-order valence-electron chi connectivity index (χ3n) is 1.10. The number of aromatic nitrogens is 2. The second-order valence-electron chi connectivity index (χ2n) is 2.03. The van der Waals surface area contributed by atoms with Crippen molar-refractivity contribution in [2.45, 2.75) is 0 Å². The molecular weight excluding hydrogens is 158 g/mol. The third-order valence-corrected chi connectivity index (χ3v) is 1.10. The highest BCUT2D eigenvalue weighted by molar-refractivity contribution is 5.83. The Morgan fingerprint density at radius 3 is 2.58 bits per heavy atom. The number of rotatable bonds is 2. The monoisotopic (exact) mass is 164 g/mol. The summed E-state index contributed by atoms with van der Waals surface area (Å²) in [5, 5.41) is 9.98. The van der Waals surface area contributed by atoms with Crippen molar-refractivity contribution >= 4 is 18.0 Å². The van der Waals surface area contributed by atoms with Crippen LogP contribution in [-0.4, -0.2) is 15.9 Å². The highest BCUT2D eigenvalue weighted by atomic mass is 16.4. The highest BCUT2D eigenvalue weighted by Gasteiger charge is 1.87. The van der Waals surface area contributed by atoms with Crippen molar-refractivity contribution in [2.75, 3.05) is 5.73 Å². The molecule has 0 amide bonds. The quantitative estimate of drug-likeness (QED) is 0.555. The van der Waals surface area contributed by atoms with Crippen molar-refractivity contribution in [3.8, 4) is 0 Å². The van der Waals surface area contributed by atoms with Crippen molar-refractivity contribution in [1.82, 2.24) is 9.97 Å². The first-order valence-electron chi connectivity index (χ1n) is 3.15. The van der Waals surface area contributed by atoms with Gasteiger partial charge in [0, 0.05) is 18.0 Å². The zero-order valence-corrected chi connectivity index (χ0v) is 6.10. The molecule has 0 aromatic carbocycles. The first-order valence-corrected chi connectivity index (χ1v) is 3.15. The van der Waals surface area contributed by atoms with E-state index in [0.29, 0.717) is 5.56 Å². The average Bonchev–Trinajstić information content (AvgIpc) is 2.03. The van der Waals surface area contributed by atoms with Crippen LogP contribution in [0.5, 0.6) is 0 Å². The Hall–Kier alpha value is -1.91. The van der Waals surface area contributed by atoms with Gasteiger partial charge in [0.15, 0.2) is 0 Å². The predicted octanol–water partition coefficient (Wildman–Crippen LogP) is -1.18. The number of carbonyl (C=O) groups is 1. The second-order valence-corrected chi connectivity index (χ2v) is 2.03. The van der Waals surface area contributed by atoms with Gasteiger partial charge in [0.1, 0.15) is 0 Å². The second kappa shape index (κ2) is 3.47. The number of hydrogen-bond donors (Lipinski definition) is 1. The first kappa shape index (κ1) is 8.19. The van der Waals surface area contributed by atoms with Gasteiger partial charge in [-0.05, 0) is 6.08 Å². The summed E-state index contributed by atoms with van der Waals surface area (Å²) in [6.45, 7) is 0. The van der Waals surface area contributed by atoms with Crippen molar-refractivity contribution in [2.24, 2.45) is 0 Å². The summed E-state index contributed by atoms with van der Waals surface area (Å²) < 4.78 is 0. The smallest absolute Gasteiger partial charge is 0.219 e. The number of carboxylic acid groups (broad SMARTS) is 1. The van der Waals surface area contributed by atoms with Crippen LogP contribution in [-0.2, 0) is 4.79 Å². The SMILES string of the molecule is Nc1ncc(/C=C/C(=O)[O-])cn1. The van der Waals surface area contributed by atoms with Crippen molar-refractivity contribution < 1.29 is 9.90 Å². The molecule has 0 radical (unpaired) electrons. The summed E-state index contributed by atoms with van der Waals surface area (Å²) in [6.07, 6.45) is 5.06. The van der Waals surface area contributed by atoms with E-state index in [-0.39, 0.29) is 5.95 Å². The molecule has 0 aliphatic rings. The molecule has 1 heterocycles. The molecule has 12 heavy (non-hydrogen) atoms. The Balaban J connectivity index is 2.77. The van der Waals surface area contributed by atoms with E-state index in [2.05, 4.69) is 9.97 Å². The van der Waals surface area contributed by atoms with Crippen LogP contribution in [0.4, 0.5) is 5.95 Å². The van der Waals surface area contributed by atoms with E-state index in [0.717, 1.165) is 6.08 Å². The van der Waals surface area contributed by atoms with Gasteiger partial charge in [-0.3, -0.25) is 0 Å². The van der Waals surface area contributed by atoms with Crippen LogP contribution in [0.25, 0.3) is 6.08 Å². The largest absolute Gasteiger partial charge is 0.545 e. The van der Waals surface area contributed by atoms with E-state index in [9.17, 15) is 9.90 Å². The molecule has 0 aliphatic carbocycles. The van der Waals surface area contributed by atoms with Crippen LogP contribution < -0.4 is 10.8 Å². The lowest BCUT2D eigenvalue weighted by atomic mass is 10.3. The first-order chi connectivity index (χ1) is 5.68. The highest BCUT2D eigenvalue weighted by Crippen LogP contribution is 1.98. The lowest BCUT2D eigenvalue weighted by Crippen LogP contribution is -2.18. The van der Waals surface area contributed by atoms with Crippen LogP contribution in [0, 0.1) is 0 Å². The standard InChI is InChI=1S/C7H7N3O2/c8-7-9-3-5(4-10-7)1-2-6(11)12/h1-4H,(H,11,12)(H2,8,9,10)/p-1/b2-1+. The molecule has 0 saturated heterocycles. The van der Waals surface area contributed by atoms with Crippen LogP contribution in [0.2, 0.25) is 0 Å². The Kier molecular flexibility index (Phi) is 2.37. The summed E-state index contributed by atoms with van der Waals surface area (Å²) in [4.78, 5) is 17.3. The maximum atomic E-state index is 9.98. The van der Waals surface area contributed by atoms with Gasteiger partial charge < -0.3 is 15.6 Å². The van der Waals surface area contributed by atoms with Gasteiger partial charge in [0.05, 0.1) is 5.97 Å². The minimum atomic E-state index is -1.26. The summed E-state index contributed by atoms with van der Waals surface area (Å²) in [5.41, 5.74) is 5.77. The minimum absolute atomic E-state index is 0.153. The number of anilines is 1. The molecule has 5 nitrogen and oxygen atoms in total. The Labute approximate surface area is 68.6 Å². The molecule has 0 aliphatic heterocycles. The van der Waals surface area contributed by atoms with Gasteiger partial charge in [0.25, 0.3) is 0 Å². The number of nitrogen functional groups attached to an aromatic ring is 1. The maximum Gasteiger partial charge on any atom is 0.219 e. The summed E-state index contributed by atoms with van der Waals surface area (Å²) in [5.74, 6) is -1.10. The lowest BCUT2D eigenvalue weighted by molar-refractivity contribution is -0.297. The van der Waals surface area contributed by atoms with E-state index < -0.39 is 5.97 Å². The molecule has 0 bridgehead atoms. The van der Waals surface area contributed by atoms with Gasteiger partial charge in [-0.15, -0.1) is 0 Å². The Morgan fingerprint density at radius 1 is 1.50 bits per heavy atom. The van der Waals surface area contributed by atoms with Crippen LogP contribution in [0.3, 0.4) is 0 Å². The van der Waals surface area contributed by atoms with E-state index in [1.807, 2.05) is 0 Å². The fourth-order valence-corrected chi connectivity index (χ4v) is 0.598. The van der Waals surface area contributed by atoms with E-state index in [1.165, 1.54) is 18.5 Å². The Bertz CT molecular complexity index is 305. The van der Waals surface area contributed by atoms with E-state index in [4.69, 9.17) is 5.73 Å². The molecule has 0 saturated carbocycles. The molecule has 1 aromatic rings. The Morgan fingerprint density at radius 2 is 2.08 bits per heavy atom. The van der Waals surface area contributed by atoms with Gasteiger partial charge >= 0.3 is 0 Å². The zero-order valence-electron chi connectivity index (χ0n) is 6.10. The predicted molar refractivity (Wildman–Crippen MR) is 40.5 cm³/mol. The van der Waals surface area contributed by atoms with Gasteiger partial charge in [0.2, 0.25) is 5.95 Å². The summed E-state index contributed by atoms with van der Waals surface area (Å²) in [7, 11) is 0. The maximum absolute atomic E-state index is 9.98. The third kappa shape index (κ3) is 2.37. The zero-order chi connectivity index (χ0) is 8.97. The average molecular weight is 164 g/mol. The normalized spacial score (nSPS) is 10.3. The van der Waals surface area contributed by atoms with Crippen LogP contribution in [0.1, 0.15) is 5.56 Å². The molecular formula is C7H6N3O2-. The van der Waals surface area contributed by atoms with Gasteiger partial charge in [-0.25, -0.2) is 9.97 Å². The van der Waals surface area contributed by atoms with Gasteiger partial charge in [-0.1, -0.05) is 6.08 Å². The fraction of sp³-hybridized carbons (Fsp3) is 0. The topological polar surface area (TPSA) is 91.9 Å². The van der Waals surface area contributed by atoms with Crippen molar-refractivity contribution in [1.29, 1.82) is 0 Å². The minimum Gasteiger partial charge on any atom is -0.545 e. The molecule has 62 valence electrons. The number of carboxylic acids is 1. The van der Waals surface area contributed by atoms with Gasteiger partial charge in [-0.2, -0.15) is 0 Å². The summed E-state index contributed by atoms with van der Waals surface area (Å²) in [6, 6.07) is 0. The molecule has 2 N–H and O–H groups in total. The molecule has 0 spiro atoms. The molecule has 0 fully saturated rings. The molecule has 1 aromatic heterocycles. The number of carbonyl (C=O) groups excluding carboxylic acids is 1. The molecule has 1 rings (SSSR count). The fourth-order valence-electron chi connectivity index (χ4n) is 0.598. The number of aliphatic carboxylic acids is 1. The lowest BCUT2D eigenvalue weighted by Gasteiger charge is -1.93. The number of nitrogens with two attached hydrogens (primary N) is 1. The molecule has 5 heteroatoms. The molecule has 0 unspecified atom stereocenters.